The molecule has 1 aromatic carbocycles. The van der Waals surface area contributed by atoms with Gasteiger partial charge >= 0.3 is 5.97 Å². The summed E-state index contributed by atoms with van der Waals surface area (Å²) in [6, 6.07) is 6.14. The molecule has 0 saturated heterocycles. The molecule has 0 aromatic heterocycles. The fraction of sp³-hybridized carbons (Fsp3) is 0.143. The van der Waals surface area contributed by atoms with E-state index in [9.17, 15) is 9.59 Å². The van der Waals surface area contributed by atoms with Gasteiger partial charge in [0, 0.05) is 11.8 Å². The van der Waals surface area contributed by atoms with E-state index in [1.807, 2.05) is 0 Å². The largest absolute Gasteiger partial charge is 0.478 e. The number of rotatable bonds is 6. The molecular weight excluding hydrogens is 244 g/mol. The molecule has 100 valence electrons. The highest BCUT2D eigenvalue weighted by molar-refractivity contribution is 5.94. The number of carboxylic acids is 1. The third-order valence-corrected chi connectivity index (χ3v) is 2.35. The van der Waals surface area contributed by atoms with E-state index in [2.05, 4.69) is 11.9 Å². The van der Waals surface area contributed by atoms with Crippen molar-refractivity contribution in [2.24, 2.45) is 5.73 Å². The monoisotopic (exact) mass is 260 g/mol. The summed E-state index contributed by atoms with van der Waals surface area (Å²) in [7, 11) is 0. The second-order valence-corrected chi connectivity index (χ2v) is 3.91. The number of carbonyl (C=O) groups is 2. The summed E-state index contributed by atoms with van der Waals surface area (Å²) in [4.78, 5) is 22.0. The van der Waals surface area contributed by atoms with Crippen molar-refractivity contribution >= 4 is 23.6 Å². The molecule has 19 heavy (non-hydrogen) atoms. The molecule has 1 unspecified atom stereocenters. The zero-order valence-corrected chi connectivity index (χ0v) is 10.4. The number of amides is 1. The van der Waals surface area contributed by atoms with Crippen LogP contribution in [0.3, 0.4) is 0 Å². The lowest BCUT2D eigenvalue weighted by molar-refractivity contribution is -0.131. The number of anilines is 1. The summed E-state index contributed by atoms with van der Waals surface area (Å²) in [6.45, 7) is 3.52. The van der Waals surface area contributed by atoms with Crippen LogP contribution in [-0.2, 0) is 9.59 Å². The molecule has 1 atom stereocenters. The summed E-state index contributed by atoms with van der Waals surface area (Å²) in [5.74, 6) is -1.29. The lowest BCUT2D eigenvalue weighted by Gasteiger charge is -2.10. The number of carbonyl (C=O) groups excluding carboxylic acids is 1. The normalized spacial score (nSPS) is 12.1. The second kappa shape index (κ2) is 7.13. The number of nitrogens with two attached hydrogens (primary N) is 1. The van der Waals surface area contributed by atoms with E-state index in [0.29, 0.717) is 12.1 Å². The Morgan fingerprint density at radius 3 is 2.53 bits per heavy atom. The number of aliphatic carboxylic acids is 1. The molecular formula is C14H16N2O3. The van der Waals surface area contributed by atoms with Crippen LogP contribution in [0.2, 0.25) is 0 Å². The highest BCUT2D eigenvalue weighted by Gasteiger charge is 2.11. The van der Waals surface area contributed by atoms with Crippen molar-refractivity contribution in [2.75, 3.05) is 5.32 Å². The van der Waals surface area contributed by atoms with Crippen molar-refractivity contribution in [3.8, 4) is 0 Å². The molecule has 1 aromatic rings. The molecule has 0 fully saturated rings. The number of carboxylic acid groups (broad SMARTS) is 1. The Balaban J connectivity index is 2.64. The molecule has 5 heteroatoms. The third kappa shape index (κ3) is 5.18. The number of benzene rings is 1. The summed E-state index contributed by atoms with van der Waals surface area (Å²) in [6.07, 6.45) is 4.51. The van der Waals surface area contributed by atoms with Crippen LogP contribution < -0.4 is 11.1 Å². The Labute approximate surface area is 111 Å². The van der Waals surface area contributed by atoms with E-state index >= 15 is 0 Å². The SMILES string of the molecule is C=CCC(N)C(=O)Nc1ccc(/C=C/C(=O)O)cc1. The summed E-state index contributed by atoms with van der Waals surface area (Å²) in [5.41, 5.74) is 6.97. The maximum atomic E-state index is 11.6. The van der Waals surface area contributed by atoms with Crippen molar-refractivity contribution in [3.05, 3.63) is 48.6 Å². The van der Waals surface area contributed by atoms with Crippen LogP contribution in [0.1, 0.15) is 12.0 Å². The zero-order valence-electron chi connectivity index (χ0n) is 10.4. The van der Waals surface area contributed by atoms with Crippen LogP contribution in [0.5, 0.6) is 0 Å². The van der Waals surface area contributed by atoms with Gasteiger partial charge in [0.15, 0.2) is 0 Å². The summed E-state index contributed by atoms with van der Waals surface area (Å²) >= 11 is 0. The number of nitrogens with one attached hydrogen (secondary N) is 1. The van der Waals surface area contributed by atoms with Gasteiger partial charge in [0.1, 0.15) is 0 Å². The van der Waals surface area contributed by atoms with Crippen molar-refractivity contribution in [2.45, 2.75) is 12.5 Å². The van der Waals surface area contributed by atoms with Crippen LogP contribution in [0.25, 0.3) is 6.08 Å². The Morgan fingerprint density at radius 2 is 2.00 bits per heavy atom. The van der Waals surface area contributed by atoms with Crippen LogP contribution >= 0.6 is 0 Å². The van der Waals surface area contributed by atoms with Gasteiger partial charge in [-0.2, -0.15) is 0 Å². The summed E-state index contributed by atoms with van der Waals surface area (Å²) < 4.78 is 0. The Kier molecular flexibility index (Phi) is 5.50. The van der Waals surface area contributed by atoms with Gasteiger partial charge in [-0.05, 0) is 30.2 Å². The maximum Gasteiger partial charge on any atom is 0.328 e. The van der Waals surface area contributed by atoms with E-state index in [-0.39, 0.29) is 5.91 Å². The van der Waals surface area contributed by atoms with E-state index in [1.54, 1.807) is 30.3 Å². The van der Waals surface area contributed by atoms with Crippen LogP contribution in [-0.4, -0.2) is 23.0 Å². The van der Waals surface area contributed by atoms with Gasteiger partial charge in [-0.25, -0.2) is 4.79 Å². The first kappa shape index (κ1) is 14.7. The quantitative estimate of drug-likeness (QED) is 0.535. The minimum Gasteiger partial charge on any atom is -0.478 e. The van der Waals surface area contributed by atoms with E-state index in [4.69, 9.17) is 10.8 Å². The Bertz CT molecular complexity index is 492. The molecule has 0 aliphatic carbocycles. The first-order valence-electron chi connectivity index (χ1n) is 5.71. The van der Waals surface area contributed by atoms with Crippen LogP contribution in [0.4, 0.5) is 5.69 Å². The highest BCUT2D eigenvalue weighted by Crippen LogP contribution is 2.11. The van der Waals surface area contributed by atoms with E-state index < -0.39 is 12.0 Å². The summed E-state index contributed by atoms with van der Waals surface area (Å²) in [5, 5.41) is 11.2. The van der Waals surface area contributed by atoms with Crippen LogP contribution in [0, 0.1) is 0 Å². The predicted molar refractivity (Wildman–Crippen MR) is 74.5 cm³/mol. The van der Waals surface area contributed by atoms with Gasteiger partial charge in [0.05, 0.1) is 6.04 Å². The van der Waals surface area contributed by atoms with Gasteiger partial charge in [-0.15, -0.1) is 6.58 Å². The standard InChI is InChI=1S/C14H16N2O3/c1-2-3-12(15)14(19)16-11-7-4-10(5-8-11)6-9-13(17)18/h2,4-9,12H,1,3,15H2,(H,16,19)(H,17,18)/b9-6+. The molecule has 0 aliphatic rings. The molecule has 0 heterocycles. The molecule has 0 saturated carbocycles. The third-order valence-electron chi connectivity index (χ3n) is 2.35. The molecule has 0 radical (unpaired) electrons. The molecule has 0 spiro atoms. The zero-order chi connectivity index (χ0) is 14.3. The molecule has 1 amide bonds. The van der Waals surface area contributed by atoms with Gasteiger partial charge < -0.3 is 16.2 Å². The lowest BCUT2D eigenvalue weighted by atomic mass is 10.1. The fourth-order valence-electron chi connectivity index (χ4n) is 1.37. The molecule has 0 bridgehead atoms. The number of hydrogen-bond acceptors (Lipinski definition) is 3. The Morgan fingerprint density at radius 1 is 1.37 bits per heavy atom. The molecule has 1 rings (SSSR count). The average molecular weight is 260 g/mol. The van der Waals surface area contributed by atoms with Gasteiger partial charge in [0.2, 0.25) is 5.91 Å². The molecule has 0 aliphatic heterocycles. The number of hydrogen-bond donors (Lipinski definition) is 3. The lowest BCUT2D eigenvalue weighted by Crippen LogP contribution is -2.35. The van der Waals surface area contributed by atoms with Crippen molar-refractivity contribution in [1.29, 1.82) is 0 Å². The average Bonchev–Trinajstić information content (AvgIpc) is 2.38. The molecule has 5 nitrogen and oxygen atoms in total. The van der Waals surface area contributed by atoms with Crippen molar-refractivity contribution in [1.82, 2.24) is 0 Å². The smallest absolute Gasteiger partial charge is 0.328 e. The highest BCUT2D eigenvalue weighted by atomic mass is 16.4. The minimum absolute atomic E-state index is 0.284. The van der Waals surface area contributed by atoms with Gasteiger partial charge in [0.25, 0.3) is 0 Å². The maximum absolute atomic E-state index is 11.6. The van der Waals surface area contributed by atoms with E-state index in [1.165, 1.54) is 6.08 Å². The topological polar surface area (TPSA) is 92.4 Å². The first-order chi connectivity index (χ1) is 9.02. The first-order valence-corrected chi connectivity index (χ1v) is 5.71. The van der Waals surface area contributed by atoms with Crippen molar-refractivity contribution in [3.63, 3.8) is 0 Å². The van der Waals surface area contributed by atoms with E-state index in [0.717, 1.165) is 11.6 Å². The minimum atomic E-state index is -1.01. The fourth-order valence-corrected chi connectivity index (χ4v) is 1.37. The predicted octanol–water partition coefficient (Wildman–Crippen LogP) is 1.63. The van der Waals surface area contributed by atoms with Gasteiger partial charge in [-0.3, -0.25) is 4.79 Å². The van der Waals surface area contributed by atoms with Crippen LogP contribution in [0.15, 0.2) is 43.0 Å². The van der Waals surface area contributed by atoms with Crippen molar-refractivity contribution < 1.29 is 14.7 Å². The Hall–Kier alpha value is -2.40. The van der Waals surface area contributed by atoms with Gasteiger partial charge in [-0.1, -0.05) is 18.2 Å². The molecule has 4 N–H and O–H groups in total. The second-order valence-electron chi connectivity index (χ2n) is 3.91.